The van der Waals surface area contributed by atoms with Crippen LogP contribution < -0.4 is 0 Å². The van der Waals surface area contributed by atoms with Gasteiger partial charge in [0.25, 0.3) is 0 Å². The van der Waals surface area contributed by atoms with Crippen LogP contribution in [0.1, 0.15) is 22.2 Å². The molecule has 0 unspecified atom stereocenters. The maximum atomic E-state index is 10.6. The molecule has 0 bridgehead atoms. The first-order valence-corrected chi connectivity index (χ1v) is 5.44. The number of nitrogens with zero attached hydrogens (tertiary/aromatic N) is 3. The summed E-state index contributed by atoms with van der Waals surface area (Å²) in [6.07, 6.45) is 0.590. The summed E-state index contributed by atoms with van der Waals surface area (Å²) in [7, 11) is 0. The molecule has 0 amide bonds. The topological polar surface area (TPSA) is 88.2 Å². The molecule has 84 valence electrons. The molecule has 1 atom stereocenters. The van der Waals surface area contributed by atoms with Crippen LogP contribution in [0, 0.1) is 0 Å². The fourth-order valence-corrected chi connectivity index (χ4v) is 1.94. The van der Waals surface area contributed by atoms with Crippen molar-refractivity contribution in [1.82, 2.24) is 15.0 Å². The van der Waals surface area contributed by atoms with Crippen LogP contribution in [0.4, 0.5) is 0 Å². The van der Waals surface area contributed by atoms with Crippen molar-refractivity contribution in [2.24, 2.45) is 0 Å². The SMILES string of the molecule is O=C(O)c1cn(C[C@@H](O)c2ccsc2)nn1. The number of rotatable bonds is 4. The summed E-state index contributed by atoms with van der Waals surface area (Å²) in [6.45, 7) is 0.191. The first kappa shape index (κ1) is 10.8. The van der Waals surface area contributed by atoms with E-state index in [0.717, 1.165) is 5.56 Å². The number of aromatic carboxylic acids is 1. The monoisotopic (exact) mass is 239 g/mol. The van der Waals surface area contributed by atoms with Gasteiger partial charge in [0.1, 0.15) is 0 Å². The normalized spacial score (nSPS) is 12.6. The summed E-state index contributed by atoms with van der Waals surface area (Å²) in [6, 6.07) is 1.81. The standard InChI is InChI=1S/C9H9N3O3S/c13-8(6-1-2-16-5-6)4-12-3-7(9(14)15)10-11-12/h1-3,5,8,13H,4H2,(H,14,15)/t8-/m1/s1. The van der Waals surface area contributed by atoms with Crippen LogP contribution in [0.2, 0.25) is 0 Å². The van der Waals surface area contributed by atoms with Crippen molar-refractivity contribution in [1.29, 1.82) is 0 Å². The Morgan fingerprint density at radius 1 is 1.62 bits per heavy atom. The van der Waals surface area contributed by atoms with Gasteiger partial charge in [-0.3, -0.25) is 0 Å². The Labute approximate surface area is 94.8 Å². The van der Waals surface area contributed by atoms with Crippen LogP contribution >= 0.6 is 11.3 Å². The molecule has 7 heteroatoms. The summed E-state index contributed by atoms with van der Waals surface area (Å²) in [5, 5.41) is 29.2. The second-order valence-corrected chi connectivity index (χ2v) is 3.98. The molecule has 0 aliphatic heterocycles. The molecule has 0 aliphatic carbocycles. The smallest absolute Gasteiger partial charge is 0.358 e. The molecule has 0 aliphatic rings. The van der Waals surface area contributed by atoms with Crippen molar-refractivity contribution in [3.8, 4) is 0 Å². The van der Waals surface area contributed by atoms with E-state index in [1.165, 1.54) is 22.2 Å². The minimum Gasteiger partial charge on any atom is -0.476 e. The number of aromatic nitrogens is 3. The molecular formula is C9H9N3O3S. The van der Waals surface area contributed by atoms with Crippen LogP contribution in [0.15, 0.2) is 23.0 Å². The van der Waals surface area contributed by atoms with Gasteiger partial charge in [0.2, 0.25) is 0 Å². The highest BCUT2D eigenvalue weighted by molar-refractivity contribution is 7.07. The largest absolute Gasteiger partial charge is 0.476 e. The third-order valence-electron chi connectivity index (χ3n) is 2.05. The molecule has 0 saturated carbocycles. The fraction of sp³-hybridized carbons (Fsp3) is 0.222. The zero-order valence-corrected chi connectivity index (χ0v) is 8.96. The van der Waals surface area contributed by atoms with E-state index in [4.69, 9.17) is 5.11 Å². The van der Waals surface area contributed by atoms with Gasteiger partial charge in [0, 0.05) is 0 Å². The van der Waals surface area contributed by atoms with Crippen molar-refractivity contribution in [3.63, 3.8) is 0 Å². The minimum atomic E-state index is -1.13. The number of carboxylic acids is 1. The maximum absolute atomic E-state index is 10.6. The van der Waals surface area contributed by atoms with Gasteiger partial charge in [-0.05, 0) is 22.4 Å². The highest BCUT2D eigenvalue weighted by Gasteiger charge is 2.12. The van der Waals surface area contributed by atoms with Gasteiger partial charge in [-0.25, -0.2) is 9.48 Å². The van der Waals surface area contributed by atoms with Gasteiger partial charge >= 0.3 is 5.97 Å². The summed E-state index contributed by atoms with van der Waals surface area (Å²) < 4.78 is 1.31. The molecule has 2 aromatic heterocycles. The first-order valence-electron chi connectivity index (χ1n) is 4.50. The Balaban J connectivity index is 2.06. The molecule has 0 aromatic carbocycles. The number of hydrogen-bond donors (Lipinski definition) is 2. The number of carboxylic acid groups (broad SMARTS) is 1. The predicted octanol–water partition coefficient (Wildman–Crippen LogP) is 0.771. The van der Waals surface area contributed by atoms with E-state index in [0.29, 0.717) is 0 Å². The summed E-state index contributed by atoms with van der Waals surface area (Å²) in [5.41, 5.74) is 0.662. The molecule has 6 nitrogen and oxygen atoms in total. The lowest BCUT2D eigenvalue weighted by molar-refractivity contribution is 0.0690. The lowest BCUT2D eigenvalue weighted by Crippen LogP contribution is -2.08. The predicted molar refractivity (Wildman–Crippen MR) is 56.3 cm³/mol. The molecule has 16 heavy (non-hydrogen) atoms. The molecular weight excluding hydrogens is 230 g/mol. The lowest BCUT2D eigenvalue weighted by atomic mass is 10.2. The quantitative estimate of drug-likeness (QED) is 0.822. The van der Waals surface area contributed by atoms with Crippen LogP contribution in [-0.4, -0.2) is 31.2 Å². The van der Waals surface area contributed by atoms with E-state index in [9.17, 15) is 9.90 Å². The highest BCUT2D eigenvalue weighted by atomic mass is 32.1. The number of hydrogen-bond acceptors (Lipinski definition) is 5. The van der Waals surface area contributed by atoms with Crippen LogP contribution in [-0.2, 0) is 6.54 Å². The maximum Gasteiger partial charge on any atom is 0.358 e. The molecule has 2 heterocycles. The summed E-state index contributed by atoms with van der Waals surface area (Å²) >= 11 is 1.49. The van der Waals surface area contributed by atoms with E-state index in [1.807, 2.05) is 16.8 Å². The molecule has 2 rings (SSSR count). The van der Waals surface area contributed by atoms with Crippen LogP contribution in [0.3, 0.4) is 0 Å². The number of thiophene rings is 1. The Bertz CT molecular complexity index is 480. The first-order chi connectivity index (χ1) is 7.66. The third-order valence-corrected chi connectivity index (χ3v) is 2.75. The van der Waals surface area contributed by atoms with Gasteiger partial charge in [-0.1, -0.05) is 5.21 Å². The second kappa shape index (κ2) is 4.42. The number of carbonyl (C=O) groups is 1. The van der Waals surface area contributed by atoms with Crippen molar-refractivity contribution < 1.29 is 15.0 Å². The number of aliphatic hydroxyl groups excluding tert-OH is 1. The van der Waals surface area contributed by atoms with Gasteiger partial charge in [0.05, 0.1) is 18.8 Å². The van der Waals surface area contributed by atoms with Crippen LogP contribution in [0.5, 0.6) is 0 Å². The molecule has 2 N–H and O–H groups in total. The van der Waals surface area contributed by atoms with Crippen molar-refractivity contribution in [2.45, 2.75) is 12.6 Å². The average molecular weight is 239 g/mol. The van der Waals surface area contributed by atoms with Crippen molar-refractivity contribution >= 4 is 17.3 Å². The molecule has 0 saturated heterocycles. The lowest BCUT2D eigenvalue weighted by Gasteiger charge is -2.07. The van der Waals surface area contributed by atoms with Crippen molar-refractivity contribution in [3.05, 3.63) is 34.3 Å². The Morgan fingerprint density at radius 2 is 2.44 bits per heavy atom. The Hall–Kier alpha value is -1.73. The summed E-state index contributed by atoms with van der Waals surface area (Å²) in [5.74, 6) is -1.13. The molecule has 0 radical (unpaired) electrons. The molecule has 0 spiro atoms. The molecule has 2 aromatic rings. The van der Waals surface area contributed by atoms with Gasteiger partial charge in [-0.2, -0.15) is 11.3 Å². The van der Waals surface area contributed by atoms with Crippen LogP contribution in [0.25, 0.3) is 0 Å². The fourth-order valence-electron chi connectivity index (χ4n) is 1.23. The van der Waals surface area contributed by atoms with E-state index in [2.05, 4.69) is 10.3 Å². The van der Waals surface area contributed by atoms with Crippen molar-refractivity contribution in [2.75, 3.05) is 0 Å². The molecule has 0 fully saturated rings. The minimum absolute atomic E-state index is 0.127. The van der Waals surface area contributed by atoms with E-state index in [-0.39, 0.29) is 12.2 Å². The Kier molecular flexibility index (Phi) is 2.97. The zero-order valence-electron chi connectivity index (χ0n) is 8.15. The highest BCUT2D eigenvalue weighted by Crippen LogP contribution is 2.17. The van der Waals surface area contributed by atoms with Gasteiger partial charge in [-0.15, -0.1) is 5.10 Å². The van der Waals surface area contributed by atoms with E-state index < -0.39 is 12.1 Å². The number of aliphatic hydroxyl groups is 1. The Morgan fingerprint density at radius 3 is 3.00 bits per heavy atom. The van der Waals surface area contributed by atoms with Gasteiger partial charge < -0.3 is 10.2 Å². The zero-order chi connectivity index (χ0) is 11.5. The summed E-state index contributed by atoms with van der Waals surface area (Å²) in [4.78, 5) is 10.6. The average Bonchev–Trinajstić information content (AvgIpc) is 2.87. The van der Waals surface area contributed by atoms with Gasteiger partial charge in [0.15, 0.2) is 5.69 Å². The second-order valence-electron chi connectivity index (χ2n) is 3.20. The van der Waals surface area contributed by atoms with E-state index in [1.54, 1.807) is 0 Å². The third kappa shape index (κ3) is 2.26. The van der Waals surface area contributed by atoms with E-state index >= 15 is 0 Å².